The third kappa shape index (κ3) is 6.49. The number of nitrogens with one attached hydrogen (secondary N) is 1. The highest BCUT2D eigenvalue weighted by atomic mass is 32.2. The summed E-state index contributed by atoms with van der Waals surface area (Å²) in [5.41, 5.74) is 2.66. The number of hydrogen-bond donors (Lipinski definition) is 1. The number of rotatable bonds is 8. The van der Waals surface area contributed by atoms with Crippen molar-refractivity contribution < 1.29 is 19.1 Å². The van der Waals surface area contributed by atoms with Gasteiger partial charge in [-0.2, -0.15) is 0 Å². The zero-order chi connectivity index (χ0) is 24.8. The lowest BCUT2D eigenvalue weighted by Gasteiger charge is -2.10. The molecule has 0 atom stereocenters. The second kappa shape index (κ2) is 11.2. The molecule has 0 radical (unpaired) electrons. The van der Waals surface area contributed by atoms with E-state index in [2.05, 4.69) is 5.32 Å². The van der Waals surface area contributed by atoms with Crippen LogP contribution in [-0.2, 0) is 9.59 Å². The maximum Gasteiger partial charge on any atom is 0.266 e. The van der Waals surface area contributed by atoms with Gasteiger partial charge in [0.1, 0.15) is 21.6 Å². The number of anilines is 1. The molecular formula is C27H24N2O4S2. The average molecular weight is 505 g/mol. The molecule has 35 heavy (non-hydrogen) atoms. The number of likely N-dealkylation sites (N-methyl/N-ethyl adjacent to an activating group) is 1. The molecule has 1 aliphatic rings. The van der Waals surface area contributed by atoms with Crippen molar-refractivity contribution in [1.29, 1.82) is 0 Å². The standard InChI is InChI=1S/C27H24N2O4S2/c1-3-29-26(31)24(35-27(29)34)16-19-6-8-20(9-7-19)28-25(30)17-32-21-12-14-23(15-13-21)33-22-10-4-18(2)5-11-22/h4-16H,3,17H2,1-2H3,(H,28,30). The van der Waals surface area contributed by atoms with Crippen LogP contribution in [0.15, 0.2) is 77.7 Å². The minimum Gasteiger partial charge on any atom is -0.484 e. The van der Waals surface area contributed by atoms with Gasteiger partial charge in [0.05, 0.1) is 4.91 Å². The number of thiocarbonyl (C=S) groups is 1. The Balaban J connectivity index is 1.26. The van der Waals surface area contributed by atoms with E-state index in [1.807, 2.05) is 50.2 Å². The lowest BCUT2D eigenvalue weighted by Crippen LogP contribution is -2.27. The highest BCUT2D eigenvalue weighted by molar-refractivity contribution is 8.26. The van der Waals surface area contributed by atoms with Crippen LogP contribution in [0.25, 0.3) is 6.08 Å². The highest BCUT2D eigenvalue weighted by Crippen LogP contribution is 2.32. The Hall–Kier alpha value is -3.62. The van der Waals surface area contributed by atoms with Crippen LogP contribution < -0.4 is 14.8 Å². The molecule has 0 spiro atoms. The molecule has 2 amide bonds. The lowest BCUT2D eigenvalue weighted by atomic mass is 10.2. The molecule has 0 aliphatic carbocycles. The van der Waals surface area contributed by atoms with E-state index in [9.17, 15) is 9.59 Å². The number of carbonyl (C=O) groups is 2. The minimum atomic E-state index is -0.276. The summed E-state index contributed by atoms with van der Waals surface area (Å²) < 4.78 is 12.0. The van der Waals surface area contributed by atoms with E-state index >= 15 is 0 Å². The number of aryl methyl sites for hydroxylation is 1. The zero-order valence-electron chi connectivity index (χ0n) is 19.3. The van der Waals surface area contributed by atoms with Crippen LogP contribution in [0.1, 0.15) is 18.1 Å². The molecule has 0 bridgehead atoms. The van der Waals surface area contributed by atoms with Gasteiger partial charge in [0.2, 0.25) is 0 Å². The molecule has 1 saturated heterocycles. The summed E-state index contributed by atoms with van der Waals surface area (Å²) in [5.74, 6) is 1.65. The van der Waals surface area contributed by atoms with E-state index in [1.165, 1.54) is 17.3 Å². The summed E-state index contributed by atoms with van der Waals surface area (Å²) in [6, 6.07) is 22.1. The first-order valence-corrected chi connectivity index (χ1v) is 12.3. The minimum absolute atomic E-state index is 0.0771. The Kier molecular flexibility index (Phi) is 7.84. The SMILES string of the molecule is CCN1C(=O)C(=Cc2ccc(NC(=O)COc3ccc(Oc4ccc(C)cc4)cc3)cc2)SC1=S. The van der Waals surface area contributed by atoms with E-state index in [0.29, 0.717) is 33.0 Å². The Morgan fingerprint density at radius 1 is 0.971 bits per heavy atom. The van der Waals surface area contributed by atoms with Crippen molar-refractivity contribution in [2.45, 2.75) is 13.8 Å². The Morgan fingerprint density at radius 2 is 1.57 bits per heavy atom. The molecule has 0 unspecified atom stereocenters. The van der Waals surface area contributed by atoms with Crippen LogP contribution in [0, 0.1) is 6.92 Å². The van der Waals surface area contributed by atoms with E-state index in [1.54, 1.807) is 47.4 Å². The average Bonchev–Trinajstić information content (AvgIpc) is 3.13. The molecular weight excluding hydrogens is 480 g/mol. The van der Waals surface area contributed by atoms with Crippen LogP contribution in [0.3, 0.4) is 0 Å². The van der Waals surface area contributed by atoms with Crippen LogP contribution in [0.5, 0.6) is 17.2 Å². The van der Waals surface area contributed by atoms with Gasteiger partial charge in [0, 0.05) is 12.2 Å². The van der Waals surface area contributed by atoms with Crippen molar-refractivity contribution in [3.63, 3.8) is 0 Å². The van der Waals surface area contributed by atoms with Crippen LogP contribution >= 0.6 is 24.0 Å². The number of hydrogen-bond acceptors (Lipinski definition) is 6. The van der Waals surface area contributed by atoms with Crippen molar-refractivity contribution in [3.05, 3.63) is 88.8 Å². The van der Waals surface area contributed by atoms with Gasteiger partial charge in [0.15, 0.2) is 6.61 Å². The topological polar surface area (TPSA) is 67.9 Å². The van der Waals surface area contributed by atoms with Gasteiger partial charge < -0.3 is 14.8 Å². The van der Waals surface area contributed by atoms with Crippen molar-refractivity contribution in [3.8, 4) is 17.2 Å². The van der Waals surface area contributed by atoms with E-state index in [0.717, 1.165) is 11.3 Å². The van der Waals surface area contributed by atoms with Gasteiger partial charge in [-0.1, -0.05) is 53.8 Å². The van der Waals surface area contributed by atoms with Crippen LogP contribution in [0.4, 0.5) is 5.69 Å². The highest BCUT2D eigenvalue weighted by Gasteiger charge is 2.30. The predicted molar refractivity (Wildman–Crippen MR) is 144 cm³/mol. The second-order valence-electron chi connectivity index (χ2n) is 7.77. The first kappa shape index (κ1) is 24.5. The molecule has 1 fully saturated rings. The number of ether oxygens (including phenoxy) is 2. The largest absolute Gasteiger partial charge is 0.484 e. The first-order chi connectivity index (χ1) is 16.9. The van der Waals surface area contributed by atoms with Crippen molar-refractivity contribution in [1.82, 2.24) is 4.90 Å². The summed E-state index contributed by atoms with van der Waals surface area (Å²) in [6.07, 6.45) is 1.80. The molecule has 178 valence electrons. The predicted octanol–water partition coefficient (Wildman–Crippen LogP) is 6.03. The van der Waals surface area contributed by atoms with Crippen LogP contribution in [-0.4, -0.2) is 34.2 Å². The fraction of sp³-hybridized carbons (Fsp3) is 0.148. The van der Waals surface area contributed by atoms with E-state index < -0.39 is 0 Å². The second-order valence-corrected chi connectivity index (χ2v) is 9.45. The fourth-order valence-electron chi connectivity index (χ4n) is 3.28. The third-order valence-electron chi connectivity index (χ3n) is 5.13. The first-order valence-electron chi connectivity index (χ1n) is 11.0. The molecule has 0 aromatic heterocycles. The number of thioether (sulfide) groups is 1. The Morgan fingerprint density at radius 3 is 2.17 bits per heavy atom. The molecule has 0 saturated carbocycles. The van der Waals surface area contributed by atoms with Gasteiger partial charge in [-0.05, 0) is 74.0 Å². The maximum atomic E-state index is 12.3. The summed E-state index contributed by atoms with van der Waals surface area (Å²) >= 11 is 6.53. The normalized spacial score (nSPS) is 14.3. The van der Waals surface area contributed by atoms with Gasteiger partial charge >= 0.3 is 0 Å². The molecule has 4 rings (SSSR count). The summed E-state index contributed by atoms with van der Waals surface area (Å²) in [4.78, 5) is 26.8. The maximum absolute atomic E-state index is 12.3. The smallest absolute Gasteiger partial charge is 0.266 e. The zero-order valence-corrected chi connectivity index (χ0v) is 20.9. The molecule has 6 nitrogen and oxygen atoms in total. The van der Waals surface area contributed by atoms with Gasteiger partial charge in [-0.15, -0.1) is 0 Å². The van der Waals surface area contributed by atoms with Gasteiger partial charge in [-0.3, -0.25) is 14.5 Å². The van der Waals surface area contributed by atoms with E-state index in [4.69, 9.17) is 21.7 Å². The number of nitrogens with zero attached hydrogens (tertiary/aromatic N) is 1. The molecule has 8 heteroatoms. The summed E-state index contributed by atoms with van der Waals surface area (Å²) in [7, 11) is 0. The molecule has 1 aliphatic heterocycles. The Bertz CT molecular complexity index is 1250. The van der Waals surface area contributed by atoms with Crippen molar-refractivity contribution in [2.24, 2.45) is 0 Å². The van der Waals surface area contributed by atoms with Crippen molar-refractivity contribution in [2.75, 3.05) is 18.5 Å². The van der Waals surface area contributed by atoms with Gasteiger partial charge in [0.25, 0.3) is 11.8 Å². The monoisotopic (exact) mass is 504 g/mol. The third-order valence-corrected chi connectivity index (χ3v) is 6.51. The fourth-order valence-corrected chi connectivity index (χ4v) is 4.66. The quantitative estimate of drug-likeness (QED) is 0.299. The van der Waals surface area contributed by atoms with Gasteiger partial charge in [-0.25, -0.2) is 0 Å². The molecule has 1 heterocycles. The van der Waals surface area contributed by atoms with Crippen LogP contribution in [0.2, 0.25) is 0 Å². The number of amides is 2. The molecule has 3 aromatic rings. The molecule has 1 N–H and O–H groups in total. The number of benzene rings is 3. The van der Waals surface area contributed by atoms with Crippen molar-refractivity contribution >= 4 is 51.9 Å². The lowest BCUT2D eigenvalue weighted by molar-refractivity contribution is -0.122. The number of carbonyl (C=O) groups excluding carboxylic acids is 2. The van der Waals surface area contributed by atoms with E-state index in [-0.39, 0.29) is 18.4 Å². The summed E-state index contributed by atoms with van der Waals surface area (Å²) in [6.45, 7) is 4.35. The molecule has 3 aromatic carbocycles. The summed E-state index contributed by atoms with van der Waals surface area (Å²) in [5, 5.41) is 2.80. The Labute approximate surface area is 213 Å².